The number of halogens is 1. The van der Waals surface area contributed by atoms with E-state index in [1.807, 2.05) is 0 Å². The maximum atomic E-state index is 13.0. The van der Waals surface area contributed by atoms with Crippen molar-refractivity contribution in [1.29, 1.82) is 0 Å². The lowest BCUT2D eigenvalue weighted by atomic mass is 10.2. The number of nitro benzene ring substituents is 1. The van der Waals surface area contributed by atoms with Gasteiger partial charge in [0.05, 0.1) is 4.92 Å². The summed E-state index contributed by atoms with van der Waals surface area (Å²) in [4.78, 5) is 11.0. The van der Waals surface area contributed by atoms with Crippen molar-refractivity contribution in [3.8, 4) is 0 Å². The van der Waals surface area contributed by atoms with Gasteiger partial charge < -0.3 is 5.73 Å². The molecular weight excluding hydrogens is 267 g/mol. The molecule has 0 saturated heterocycles. The molecule has 0 aromatic heterocycles. The fourth-order valence-corrected chi connectivity index (χ4v) is 2.49. The quantitative estimate of drug-likeness (QED) is 0.401. The van der Waals surface area contributed by atoms with Crippen molar-refractivity contribution in [2.75, 3.05) is 5.73 Å². The fourth-order valence-electron chi connectivity index (χ4n) is 1.55. The molecule has 19 heavy (non-hydrogen) atoms. The van der Waals surface area contributed by atoms with Gasteiger partial charge in [-0.3, -0.25) is 10.1 Å². The second-order valence-corrected chi connectivity index (χ2v) is 4.94. The molecule has 0 unspecified atom stereocenters. The second kappa shape index (κ2) is 5.71. The summed E-state index contributed by atoms with van der Waals surface area (Å²) in [6.07, 6.45) is 0. The Labute approximate surface area is 113 Å². The molecule has 6 heteroatoms. The first-order valence-electron chi connectivity index (χ1n) is 5.47. The van der Waals surface area contributed by atoms with Crippen LogP contribution >= 0.6 is 11.8 Å². The van der Waals surface area contributed by atoms with E-state index >= 15 is 0 Å². The summed E-state index contributed by atoms with van der Waals surface area (Å²) >= 11 is 1.38. The first-order chi connectivity index (χ1) is 9.06. The van der Waals surface area contributed by atoms with Crippen LogP contribution in [0.3, 0.4) is 0 Å². The molecule has 0 atom stereocenters. The number of benzene rings is 2. The van der Waals surface area contributed by atoms with Crippen molar-refractivity contribution >= 4 is 23.1 Å². The van der Waals surface area contributed by atoms with Crippen molar-refractivity contribution < 1.29 is 9.31 Å². The van der Waals surface area contributed by atoms with E-state index in [0.29, 0.717) is 17.0 Å². The lowest BCUT2D eigenvalue weighted by Crippen LogP contribution is -1.95. The van der Waals surface area contributed by atoms with Gasteiger partial charge in [-0.1, -0.05) is 6.07 Å². The Morgan fingerprint density at radius 2 is 2.05 bits per heavy atom. The van der Waals surface area contributed by atoms with Gasteiger partial charge in [0.25, 0.3) is 5.69 Å². The van der Waals surface area contributed by atoms with Crippen molar-refractivity contribution in [2.45, 2.75) is 10.6 Å². The third-order valence-electron chi connectivity index (χ3n) is 2.53. The van der Waals surface area contributed by atoms with Gasteiger partial charge in [0, 0.05) is 28.5 Å². The number of non-ortho nitro benzene ring substituents is 1. The smallest absolute Gasteiger partial charge is 0.269 e. The summed E-state index contributed by atoms with van der Waals surface area (Å²) in [7, 11) is 0. The number of nitrogen functional groups attached to an aromatic ring is 1. The van der Waals surface area contributed by atoms with Crippen LogP contribution < -0.4 is 5.73 Å². The first-order valence-corrected chi connectivity index (χ1v) is 6.46. The van der Waals surface area contributed by atoms with Gasteiger partial charge in [-0.15, -0.1) is 11.8 Å². The number of nitro groups is 1. The number of nitrogens with two attached hydrogens (primary N) is 1. The number of hydrogen-bond acceptors (Lipinski definition) is 4. The van der Waals surface area contributed by atoms with Crippen molar-refractivity contribution in [3.63, 3.8) is 0 Å². The summed E-state index contributed by atoms with van der Waals surface area (Å²) in [6.45, 7) is 0. The molecule has 98 valence electrons. The van der Waals surface area contributed by atoms with Gasteiger partial charge in [-0.25, -0.2) is 4.39 Å². The van der Waals surface area contributed by atoms with E-state index in [4.69, 9.17) is 5.73 Å². The summed E-state index contributed by atoms with van der Waals surface area (Å²) in [5.41, 5.74) is 6.94. The van der Waals surface area contributed by atoms with Gasteiger partial charge in [0.15, 0.2) is 0 Å². The van der Waals surface area contributed by atoms with Gasteiger partial charge in [-0.2, -0.15) is 0 Å². The van der Waals surface area contributed by atoms with Gasteiger partial charge in [-0.05, 0) is 29.8 Å². The maximum absolute atomic E-state index is 13.0. The van der Waals surface area contributed by atoms with Gasteiger partial charge >= 0.3 is 0 Å². The Morgan fingerprint density at radius 3 is 2.74 bits per heavy atom. The molecule has 0 aliphatic rings. The van der Waals surface area contributed by atoms with Crippen LogP contribution in [0.1, 0.15) is 5.56 Å². The second-order valence-electron chi connectivity index (χ2n) is 3.89. The van der Waals surface area contributed by atoms with Crippen molar-refractivity contribution in [3.05, 3.63) is 64.0 Å². The van der Waals surface area contributed by atoms with Crippen molar-refractivity contribution in [2.24, 2.45) is 0 Å². The molecule has 0 aliphatic carbocycles. The van der Waals surface area contributed by atoms with Crippen LogP contribution in [0, 0.1) is 15.9 Å². The number of hydrogen-bond donors (Lipinski definition) is 1. The van der Waals surface area contributed by atoms with Crippen LogP contribution in [0.5, 0.6) is 0 Å². The first kappa shape index (κ1) is 13.4. The Bertz CT molecular complexity index is 619. The zero-order valence-electron chi connectivity index (χ0n) is 9.88. The Hall–Kier alpha value is -2.08. The summed E-state index contributed by atoms with van der Waals surface area (Å²) in [6, 6.07) is 10.5. The van der Waals surface area contributed by atoms with Crippen LogP contribution in [-0.2, 0) is 5.75 Å². The number of nitrogens with zero attached hydrogens (tertiary/aromatic N) is 1. The number of anilines is 1. The van der Waals surface area contributed by atoms with E-state index in [2.05, 4.69) is 0 Å². The Balaban J connectivity index is 2.15. The van der Waals surface area contributed by atoms with Crippen LogP contribution in [0.2, 0.25) is 0 Å². The van der Waals surface area contributed by atoms with Gasteiger partial charge in [0.1, 0.15) is 5.82 Å². The molecule has 0 amide bonds. The molecule has 0 heterocycles. The molecule has 0 bridgehead atoms. The average Bonchev–Trinajstić information content (AvgIpc) is 2.37. The largest absolute Gasteiger partial charge is 0.398 e. The van der Waals surface area contributed by atoms with E-state index in [-0.39, 0.29) is 11.5 Å². The zero-order valence-corrected chi connectivity index (χ0v) is 10.7. The van der Waals surface area contributed by atoms with E-state index < -0.39 is 4.92 Å². The van der Waals surface area contributed by atoms with Crippen LogP contribution in [0.15, 0.2) is 47.4 Å². The molecule has 2 N–H and O–H groups in total. The fraction of sp³-hybridized carbons (Fsp3) is 0.0769. The molecule has 0 aliphatic heterocycles. The van der Waals surface area contributed by atoms with Crippen LogP contribution in [0.25, 0.3) is 0 Å². The summed E-state index contributed by atoms with van der Waals surface area (Å²) < 4.78 is 13.0. The highest BCUT2D eigenvalue weighted by molar-refractivity contribution is 7.98. The average molecular weight is 278 g/mol. The predicted octanol–water partition coefficient (Wildman–Crippen LogP) is 3.61. The molecule has 0 radical (unpaired) electrons. The highest BCUT2D eigenvalue weighted by Crippen LogP contribution is 2.28. The molecule has 0 spiro atoms. The zero-order chi connectivity index (χ0) is 13.8. The van der Waals surface area contributed by atoms with Crippen molar-refractivity contribution in [1.82, 2.24) is 0 Å². The van der Waals surface area contributed by atoms with Gasteiger partial charge in [0.2, 0.25) is 0 Å². The molecular formula is C13H11FN2O2S. The summed E-state index contributed by atoms with van der Waals surface area (Å²) in [5, 5.41) is 10.7. The van der Waals surface area contributed by atoms with E-state index in [1.54, 1.807) is 12.1 Å². The monoisotopic (exact) mass is 278 g/mol. The highest BCUT2D eigenvalue weighted by atomic mass is 32.2. The highest BCUT2D eigenvalue weighted by Gasteiger charge is 2.09. The minimum absolute atomic E-state index is 0.00374. The number of rotatable bonds is 4. The minimum atomic E-state index is -0.463. The maximum Gasteiger partial charge on any atom is 0.269 e. The molecule has 2 aromatic carbocycles. The number of thioether (sulfide) groups is 1. The standard InChI is InChI=1S/C13H11FN2O2S/c14-10-2-1-3-12(7-10)19-8-9-6-11(16(17)18)4-5-13(9)15/h1-7H,8,15H2. The Morgan fingerprint density at radius 1 is 1.26 bits per heavy atom. The minimum Gasteiger partial charge on any atom is -0.398 e. The van der Waals surface area contributed by atoms with E-state index in [9.17, 15) is 14.5 Å². The van der Waals surface area contributed by atoms with Crippen LogP contribution in [-0.4, -0.2) is 4.92 Å². The summed E-state index contributed by atoms with van der Waals surface area (Å²) in [5.74, 6) is 0.147. The normalized spacial score (nSPS) is 10.4. The third-order valence-corrected chi connectivity index (χ3v) is 3.57. The molecule has 4 nitrogen and oxygen atoms in total. The lowest BCUT2D eigenvalue weighted by Gasteiger charge is -2.05. The van der Waals surface area contributed by atoms with Crippen LogP contribution in [0.4, 0.5) is 15.8 Å². The topological polar surface area (TPSA) is 69.2 Å². The lowest BCUT2D eigenvalue weighted by molar-refractivity contribution is -0.384. The van der Waals surface area contributed by atoms with E-state index in [0.717, 1.165) is 4.90 Å². The van der Waals surface area contributed by atoms with E-state index in [1.165, 1.54) is 42.1 Å². The molecule has 0 fully saturated rings. The third kappa shape index (κ3) is 3.45. The predicted molar refractivity (Wildman–Crippen MR) is 73.5 cm³/mol. The molecule has 2 aromatic rings. The SMILES string of the molecule is Nc1ccc([N+](=O)[O-])cc1CSc1cccc(F)c1. The molecule has 2 rings (SSSR count). The Kier molecular flexibility index (Phi) is 4.01. The molecule has 0 saturated carbocycles.